The first-order valence-electron chi connectivity index (χ1n) is 8.84. The molecule has 1 N–H and O–H groups in total. The summed E-state index contributed by atoms with van der Waals surface area (Å²) in [6.45, 7) is 9.35. The van der Waals surface area contributed by atoms with Gasteiger partial charge >= 0.3 is 12.1 Å². The summed E-state index contributed by atoms with van der Waals surface area (Å²) >= 11 is 0. The first-order chi connectivity index (χ1) is 13.1. The Balaban J connectivity index is 2.36. The van der Waals surface area contributed by atoms with Gasteiger partial charge in [0, 0.05) is 18.8 Å². The Hall–Kier alpha value is -2.90. The zero-order valence-corrected chi connectivity index (χ0v) is 16.1. The average molecular weight is 393 g/mol. The molecule has 0 atom stereocenters. The first kappa shape index (κ1) is 21.4. The SMILES string of the molecule is CCN(CC)c1ccc(N=C2C=C(NC(=O)C(F)(F)F)C(=O)C=C2C)c(C)c1. The highest BCUT2D eigenvalue weighted by atomic mass is 19.4. The second-order valence-corrected chi connectivity index (χ2v) is 6.34. The van der Waals surface area contributed by atoms with E-state index in [0.29, 0.717) is 17.0 Å². The van der Waals surface area contributed by atoms with Crippen LogP contribution in [-0.4, -0.2) is 36.7 Å². The van der Waals surface area contributed by atoms with E-state index in [1.54, 1.807) is 12.2 Å². The Labute approximate surface area is 161 Å². The van der Waals surface area contributed by atoms with Crippen molar-refractivity contribution >= 4 is 28.8 Å². The standard InChI is InChI=1S/C20H22F3N3O2/c1-5-26(6-2)14-7-8-15(12(3)9-14)24-16-11-17(18(27)10-13(16)4)25-19(28)20(21,22)23/h7-11H,5-6H2,1-4H3,(H,25,28). The van der Waals surface area contributed by atoms with Gasteiger partial charge in [0.25, 0.3) is 0 Å². The minimum absolute atomic E-state index is 0.316. The Morgan fingerprint density at radius 3 is 2.32 bits per heavy atom. The molecule has 0 aliphatic heterocycles. The van der Waals surface area contributed by atoms with Crippen LogP contribution in [0.3, 0.4) is 0 Å². The van der Waals surface area contributed by atoms with Crippen LogP contribution in [0, 0.1) is 6.92 Å². The van der Waals surface area contributed by atoms with Gasteiger partial charge in [-0.25, -0.2) is 4.99 Å². The predicted octanol–water partition coefficient (Wildman–Crippen LogP) is 4.01. The topological polar surface area (TPSA) is 61.8 Å². The summed E-state index contributed by atoms with van der Waals surface area (Å²) < 4.78 is 37.4. The van der Waals surface area contributed by atoms with Crippen molar-refractivity contribution in [3.05, 3.63) is 47.2 Å². The third kappa shape index (κ3) is 4.88. The van der Waals surface area contributed by atoms with Crippen molar-refractivity contribution < 1.29 is 22.8 Å². The molecule has 0 bridgehead atoms. The van der Waals surface area contributed by atoms with Gasteiger partial charge in [0.1, 0.15) is 0 Å². The summed E-state index contributed by atoms with van der Waals surface area (Å²) in [4.78, 5) is 29.7. The number of carbonyl (C=O) groups is 2. The van der Waals surface area contributed by atoms with Gasteiger partial charge in [-0.15, -0.1) is 0 Å². The van der Waals surface area contributed by atoms with Crippen LogP contribution in [0.4, 0.5) is 24.5 Å². The van der Waals surface area contributed by atoms with Gasteiger partial charge < -0.3 is 10.2 Å². The zero-order chi connectivity index (χ0) is 21.1. The van der Waals surface area contributed by atoms with E-state index in [2.05, 4.69) is 23.7 Å². The molecule has 1 amide bonds. The molecule has 0 saturated carbocycles. The third-order valence-electron chi connectivity index (χ3n) is 4.35. The normalized spacial score (nSPS) is 16.0. The summed E-state index contributed by atoms with van der Waals surface area (Å²) in [7, 11) is 0. The van der Waals surface area contributed by atoms with Crippen molar-refractivity contribution in [2.45, 2.75) is 33.9 Å². The third-order valence-corrected chi connectivity index (χ3v) is 4.35. The summed E-state index contributed by atoms with van der Waals surface area (Å²) in [5.41, 5.74) is 2.93. The van der Waals surface area contributed by atoms with Crippen LogP contribution < -0.4 is 10.2 Å². The number of nitrogens with zero attached hydrogens (tertiary/aromatic N) is 2. The average Bonchev–Trinajstić information content (AvgIpc) is 2.61. The molecule has 0 heterocycles. The van der Waals surface area contributed by atoms with Gasteiger partial charge in [-0.3, -0.25) is 9.59 Å². The molecule has 1 aromatic carbocycles. The van der Waals surface area contributed by atoms with Crippen LogP contribution in [0.1, 0.15) is 26.3 Å². The highest BCUT2D eigenvalue weighted by molar-refractivity contribution is 6.23. The largest absolute Gasteiger partial charge is 0.471 e. The molecular weight excluding hydrogens is 371 g/mol. The second-order valence-electron chi connectivity index (χ2n) is 6.34. The summed E-state index contributed by atoms with van der Waals surface area (Å²) in [6, 6.07) is 5.72. The molecule has 0 unspecified atom stereocenters. The number of amides is 1. The number of anilines is 1. The number of halogens is 3. The van der Waals surface area contributed by atoms with Crippen molar-refractivity contribution in [2.24, 2.45) is 4.99 Å². The molecule has 0 radical (unpaired) electrons. The van der Waals surface area contributed by atoms with Gasteiger partial charge in [0.05, 0.1) is 17.1 Å². The van der Waals surface area contributed by atoms with Gasteiger partial charge in [-0.2, -0.15) is 13.2 Å². The van der Waals surface area contributed by atoms with Crippen molar-refractivity contribution in [3.8, 4) is 0 Å². The minimum atomic E-state index is -5.08. The maximum absolute atomic E-state index is 12.5. The molecule has 0 saturated heterocycles. The van der Waals surface area contributed by atoms with Gasteiger partial charge in [0.15, 0.2) is 0 Å². The van der Waals surface area contributed by atoms with Crippen LogP contribution in [0.15, 0.2) is 46.6 Å². The molecule has 28 heavy (non-hydrogen) atoms. The van der Waals surface area contributed by atoms with E-state index in [1.165, 1.54) is 6.08 Å². The first-order valence-corrected chi connectivity index (χ1v) is 8.84. The fourth-order valence-electron chi connectivity index (χ4n) is 2.76. The Bertz CT molecular complexity index is 879. The molecule has 5 nitrogen and oxygen atoms in total. The smallest absolute Gasteiger partial charge is 0.372 e. The number of alkyl halides is 3. The second kappa shape index (κ2) is 8.41. The van der Waals surface area contributed by atoms with E-state index in [1.807, 2.05) is 25.1 Å². The number of aliphatic imine (C=N–C) groups is 1. The lowest BCUT2D eigenvalue weighted by atomic mass is 10.0. The van der Waals surface area contributed by atoms with Crippen molar-refractivity contribution in [2.75, 3.05) is 18.0 Å². The minimum Gasteiger partial charge on any atom is -0.372 e. The quantitative estimate of drug-likeness (QED) is 0.769. The van der Waals surface area contributed by atoms with Crippen LogP contribution in [0.5, 0.6) is 0 Å². The summed E-state index contributed by atoms with van der Waals surface area (Å²) in [5.74, 6) is -2.90. The molecule has 1 aliphatic rings. The number of hydrogen-bond donors (Lipinski definition) is 1. The van der Waals surface area contributed by atoms with E-state index in [9.17, 15) is 22.8 Å². The van der Waals surface area contributed by atoms with E-state index in [0.717, 1.165) is 30.4 Å². The molecule has 0 spiro atoms. The molecule has 8 heteroatoms. The van der Waals surface area contributed by atoms with E-state index >= 15 is 0 Å². The number of nitrogens with one attached hydrogen (secondary N) is 1. The summed E-state index contributed by atoms with van der Waals surface area (Å²) in [5, 5.41) is 1.61. The number of allylic oxidation sites excluding steroid dienone is 3. The fourth-order valence-corrected chi connectivity index (χ4v) is 2.76. The van der Waals surface area contributed by atoms with E-state index < -0.39 is 23.6 Å². The molecule has 1 aromatic rings. The highest BCUT2D eigenvalue weighted by Gasteiger charge is 2.39. The van der Waals surface area contributed by atoms with Crippen molar-refractivity contribution in [1.29, 1.82) is 0 Å². The lowest BCUT2D eigenvalue weighted by Crippen LogP contribution is -2.39. The van der Waals surface area contributed by atoms with Crippen LogP contribution >= 0.6 is 0 Å². The number of aryl methyl sites for hydroxylation is 1. The van der Waals surface area contributed by atoms with Crippen LogP contribution in [0.2, 0.25) is 0 Å². The van der Waals surface area contributed by atoms with Gasteiger partial charge in [0.2, 0.25) is 5.78 Å². The number of rotatable bonds is 5. The van der Waals surface area contributed by atoms with Crippen molar-refractivity contribution in [3.63, 3.8) is 0 Å². The molecule has 1 aliphatic carbocycles. The Morgan fingerprint density at radius 1 is 1.14 bits per heavy atom. The van der Waals surface area contributed by atoms with E-state index in [4.69, 9.17) is 0 Å². The van der Waals surface area contributed by atoms with E-state index in [-0.39, 0.29) is 0 Å². The molecular formula is C20H22F3N3O2. The highest BCUT2D eigenvalue weighted by Crippen LogP contribution is 2.27. The molecule has 150 valence electrons. The lowest BCUT2D eigenvalue weighted by Gasteiger charge is -2.22. The van der Waals surface area contributed by atoms with Gasteiger partial charge in [-0.05, 0) is 69.2 Å². The lowest BCUT2D eigenvalue weighted by molar-refractivity contribution is -0.172. The maximum atomic E-state index is 12.5. The number of hydrogen-bond acceptors (Lipinski definition) is 4. The molecule has 2 rings (SSSR count). The maximum Gasteiger partial charge on any atom is 0.471 e. The fraction of sp³-hybridized carbons (Fsp3) is 0.350. The summed E-state index contributed by atoms with van der Waals surface area (Å²) in [6.07, 6.45) is -2.76. The zero-order valence-electron chi connectivity index (χ0n) is 16.1. The molecule has 0 fully saturated rings. The van der Waals surface area contributed by atoms with Crippen LogP contribution in [-0.2, 0) is 9.59 Å². The predicted molar refractivity (Wildman–Crippen MR) is 103 cm³/mol. The number of carbonyl (C=O) groups excluding carboxylic acids is 2. The van der Waals surface area contributed by atoms with Gasteiger partial charge in [-0.1, -0.05) is 0 Å². The molecule has 0 aromatic heterocycles. The van der Waals surface area contributed by atoms with Crippen LogP contribution in [0.25, 0.3) is 0 Å². The number of ketones is 1. The Kier molecular flexibility index (Phi) is 6.43. The Morgan fingerprint density at radius 2 is 1.79 bits per heavy atom. The monoisotopic (exact) mass is 393 g/mol. The van der Waals surface area contributed by atoms with Crippen molar-refractivity contribution in [1.82, 2.24) is 5.32 Å². The number of benzene rings is 1.